The second-order valence-corrected chi connectivity index (χ2v) is 8.68. The number of aryl methyl sites for hydroxylation is 1. The van der Waals surface area contributed by atoms with Crippen molar-refractivity contribution in [3.05, 3.63) is 89.5 Å². The van der Waals surface area contributed by atoms with Gasteiger partial charge in [-0.25, -0.2) is 0 Å². The average Bonchev–Trinajstić information content (AvgIpc) is 2.98. The molecule has 156 valence electrons. The van der Waals surface area contributed by atoms with E-state index in [9.17, 15) is 9.59 Å². The Balaban J connectivity index is 1.79. The van der Waals surface area contributed by atoms with Gasteiger partial charge >= 0.3 is 0 Å². The van der Waals surface area contributed by atoms with Crippen LogP contribution in [0.5, 0.6) is 0 Å². The molecule has 0 bridgehead atoms. The molecule has 1 N–H and O–H groups in total. The zero-order chi connectivity index (χ0) is 21.8. The summed E-state index contributed by atoms with van der Waals surface area (Å²) in [5.74, 6) is -0.0369. The topological polar surface area (TPSA) is 52.7 Å². The van der Waals surface area contributed by atoms with Crippen molar-refractivity contribution in [1.29, 1.82) is 0 Å². The summed E-state index contributed by atoms with van der Waals surface area (Å²) in [5.41, 5.74) is 3.32. The SMILES string of the molecule is Cc1ccc(N2C(=O)c3ccccc3N[C@@]23C(=O)N(CC(C)C)c2ccccc23)cc1. The maximum atomic E-state index is 14.2. The van der Waals surface area contributed by atoms with Crippen LogP contribution < -0.4 is 15.1 Å². The van der Waals surface area contributed by atoms with Crippen molar-refractivity contribution in [3.8, 4) is 0 Å². The minimum absolute atomic E-state index is 0.133. The molecule has 3 aromatic carbocycles. The fourth-order valence-electron chi connectivity index (χ4n) is 4.63. The van der Waals surface area contributed by atoms with Crippen LogP contribution in [0, 0.1) is 12.8 Å². The van der Waals surface area contributed by atoms with Gasteiger partial charge in [0, 0.05) is 23.5 Å². The molecule has 2 aliphatic heterocycles. The fourth-order valence-corrected chi connectivity index (χ4v) is 4.63. The first-order chi connectivity index (χ1) is 14.9. The predicted molar refractivity (Wildman–Crippen MR) is 123 cm³/mol. The Morgan fingerprint density at radius 1 is 0.903 bits per heavy atom. The first kappa shape index (κ1) is 19.4. The molecule has 5 heteroatoms. The monoisotopic (exact) mass is 411 g/mol. The molecule has 2 amide bonds. The molecule has 2 heterocycles. The third-order valence-electron chi connectivity index (χ3n) is 5.99. The zero-order valence-electron chi connectivity index (χ0n) is 17.9. The number of nitrogens with zero attached hydrogens (tertiary/aromatic N) is 2. The third-order valence-corrected chi connectivity index (χ3v) is 5.99. The summed E-state index contributed by atoms with van der Waals surface area (Å²) in [6.45, 7) is 6.77. The van der Waals surface area contributed by atoms with Crippen molar-refractivity contribution in [2.24, 2.45) is 5.92 Å². The van der Waals surface area contributed by atoms with Crippen molar-refractivity contribution in [1.82, 2.24) is 0 Å². The molecule has 1 spiro atoms. The maximum absolute atomic E-state index is 14.2. The van der Waals surface area contributed by atoms with Gasteiger partial charge in [-0.05, 0) is 43.2 Å². The Morgan fingerprint density at radius 3 is 2.32 bits per heavy atom. The number of fused-ring (bicyclic) bond motifs is 3. The summed E-state index contributed by atoms with van der Waals surface area (Å²) in [4.78, 5) is 31.5. The molecule has 0 aromatic heterocycles. The van der Waals surface area contributed by atoms with E-state index < -0.39 is 5.66 Å². The van der Waals surface area contributed by atoms with Crippen LogP contribution in [0.25, 0.3) is 0 Å². The van der Waals surface area contributed by atoms with E-state index in [4.69, 9.17) is 0 Å². The Bertz CT molecular complexity index is 1190. The number of hydrogen-bond acceptors (Lipinski definition) is 3. The predicted octanol–water partition coefficient (Wildman–Crippen LogP) is 4.92. The van der Waals surface area contributed by atoms with E-state index in [-0.39, 0.29) is 17.7 Å². The minimum Gasteiger partial charge on any atom is -0.350 e. The van der Waals surface area contributed by atoms with E-state index in [2.05, 4.69) is 19.2 Å². The lowest BCUT2D eigenvalue weighted by molar-refractivity contribution is -0.122. The second kappa shape index (κ2) is 6.98. The highest BCUT2D eigenvalue weighted by molar-refractivity contribution is 6.22. The van der Waals surface area contributed by atoms with Crippen molar-refractivity contribution < 1.29 is 9.59 Å². The number of carbonyl (C=O) groups excluding carboxylic acids is 2. The van der Waals surface area contributed by atoms with E-state index in [0.29, 0.717) is 23.5 Å². The molecule has 31 heavy (non-hydrogen) atoms. The number of hydrogen-bond donors (Lipinski definition) is 1. The molecule has 0 saturated carbocycles. The Labute approximate surface area is 182 Å². The molecule has 0 unspecified atom stereocenters. The van der Waals surface area contributed by atoms with Crippen LogP contribution in [0.15, 0.2) is 72.8 Å². The van der Waals surface area contributed by atoms with Crippen LogP contribution in [0.1, 0.15) is 35.3 Å². The number of anilines is 3. The average molecular weight is 412 g/mol. The summed E-state index contributed by atoms with van der Waals surface area (Å²) in [7, 11) is 0. The number of amides is 2. The summed E-state index contributed by atoms with van der Waals surface area (Å²) in [6.07, 6.45) is 0. The van der Waals surface area contributed by atoms with Crippen LogP contribution >= 0.6 is 0 Å². The number of benzene rings is 3. The molecule has 0 aliphatic carbocycles. The summed E-state index contributed by atoms with van der Waals surface area (Å²) in [6, 6.07) is 22.9. The van der Waals surface area contributed by atoms with Gasteiger partial charge in [0.2, 0.25) is 5.66 Å². The van der Waals surface area contributed by atoms with Gasteiger partial charge in [-0.1, -0.05) is 61.9 Å². The van der Waals surface area contributed by atoms with Crippen LogP contribution in [-0.2, 0) is 10.5 Å². The largest absolute Gasteiger partial charge is 0.350 e. The highest BCUT2D eigenvalue weighted by atomic mass is 16.2. The quantitative estimate of drug-likeness (QED) is 0.665. The van der Waals surface area contributed by atoms with Crippen LogP contribution in [0.3, 0.4) is 0 Å². The first-order valence-corrected chi connectivity index (χ1v) is 10.6. The Kier molecular flexibility index (Phi) is 4.36. The lowest BCUT2D eigenvalue weighted by atomic mass is 9.92. The normalized spacial score (nSPS) is 19.6. The van der Waals surface area contributed by atoms with E-state index in [1.165, 1.54) is 0 Å². The molecule has 5 rings (SSSR count). The van der Waals surface area contributed by atoms with E-state index in [1.807, 2.05) is 78.6 Å². The van der Waals surface area contributed by atoms with Gasteiger partial charge in [0.1, 0.15) is 0 Å². The number of rotatable bonds is 3. The highest BCUT2D eigenvalue weighted by Crippen LogP contribution is 2.49. The number of carbonyl (C=O) groups is 2. The standard InChI is InChI=1S/C26H25N3O2/c1-17(2)16-28-23-11-7-5-9-21(23)26(25(28)31)27-22-10-6-4-8-20(22)24(30)29(26)19-14-12-18(3)13-15-19/h4-15,17,27H,16H2,1-3H3/t26-/m1/s1. The molecule has 0 fully saturated rings. The van der Waals surface area contributed by atoms with E-state index in [0.717, 1.165) is 16.8 Å². The van der Waals surface area contributed by atoms with Crippen molar-refractivity contribution in [2.45, 2.75) is 26.4 Å². The highest BCUT2D eigenvalue weighted by Gasteiger charge is 2.59. The zero-order valence-corrected chi connectivity index (χ0v) is 17.9. The summed E-state index contributed by atoms with van der Waals surface area (Å²) >= 11 is 0. The van der Waals surface area contributed by atoms with Crippen molar-refractivity contribution in [2.75, 3.05) is 21.7 Å². The molecular weight excluding hydrogens is 386 g/mol. The maximum Gasteiger partial charge on any atom is 0.279 e. The first-order valence-electron chi connectivity index (χ1n) is 10.6. The lowest BCUT2D eigenvalue weighted by Crippen LogP contribution is -2.63. The third kappa shape index (κ3) is 2.76. The van der Waals surface area contributed by atoms with Crippen LogP contribution in [-0.4, -0.2) is 18.4 Å². The van der Waals surface area contributed by atoms with Crippen LogP contribution in [0.4, 0.5) is 17.1 Å². The number of para-hydroxylation sites is 2. The van der Waals surface area contributed by atoms with Gasteiger partial charge in [0.25, 0.3) is 11.8 Å². The second-order valence-electron chi connectivity index (χ2n) is 8.68. The van der Waals surface area contributed by atoms with Crippen molar-refractivity contribution >= 4 is 28.9 Å². The van der Waals surface area contributed by atoms with Gasteiger partial charge in [0.05, 0.1) is 11.3 Å². The van der Waals surface area contributed by atoms with E-state index in [1.54, 1.807) is 11.0 Å². The van der Waals surface area contributed by atoms with Gasteiger partial charge in [0.15, 0.2) is 0 Å². The minimum atomic E-state index is -1.33. The molecule has 0 radical (unpaired) electrons. The molecular formula is C26H25N3O2. The Morgan fingerprint density at radius 2 is 1.58 bits per heavy atom. The summed E-state index contributed by atoms with van der Waals surface area (Å²) < 4.78 is 0. The molecule has 0 saturated heterocycles. The van der Waals surface area contributed by atoms with Crippen molar-refractivity contribution in [3.63, 3.8) is 0 Å². The summed E-state index contributed by atoms with van der Waals surface area (Å²) in [5, 5.41) is 3.49. The Hall–Kier alpha value is -3.60. The van der Waals surface area contributed by atoms with Gasteiger partial charge in [-0.3, -0.25) is 14.5 Å². The molecule has 3 aromatic rings. The van der Waals surface area contributed by atoms with Gasteiger partial charge in [-0.15, -0.1) is 0 Å². The van der Waals surface area contributed by atoms with Crippen LogP contribution in [0.2, 0.25) is 0 Å². The number of nitrogens with one attached hydrogen (secondary N) is 1. The van der Waals surface area contributed by atoms with Gasteiger partial charge in [-0.2, -0.15) is 0 Å². The fraction of sp³-hybridized carbons (Fsp3) is 0.231. The van der Waals surface area contributed by atoms with E-state index >= 15 is 0 Å². The molecule has 2 aliphatic rings. The smallest absolute Gasteiger partial charge is 0.279 e. The van der Waals surface area contributed by atoms with Gasteiger partial charge < -0.3 is 10.2 Å². The lowest BCUT2D eigenvalue weighted by Gasteiger charge is -2.45. The molecule has 1 atom stereocenters. The molecule has 5 nitrogen and oxygen atoms in total.